The second-order valence-electron chi connectivity index (χ2n) is 8.47. The second-order valence-corrected chi connectivity index (χ2v) is 11.7. The molecule has 4 N–H and O–H groups in total. The van der Waals surface area contributed by atoms with Gasteiger partial charge in [-0.3, -0.25) is 0 Å². The van der Waals surface area contributed by atoms with E-state index in [1.54, 1.807) is 31.5 Å². The van der Waals surface area contributed by atoms with E-state index >= 15 is 0 Å². The van der Waals surface area contributed by atoms with Crippen molar-refractivity contribution in [3.05, 3.63) is 36.2 Å². The van der Waals surface area contributed by atoms with Crippen LogP contribution in [0, 0.1) is 0 Å². The quantitative estimate of drug-likeness (QED) is 0.505. The fourth-order valence-corrected chi connectivity index (χ4v) is 5.36. The van der Waals surface area contributed by atoms with Gasteiger partial charge in [0.05, 0.1) is 11.2 Å². The number of hydrogen-bond donors (Lipinski definition) is 3. The molecular weight excluding hydrogens is 426 g/mol. The van der Waals surface area contributed by atoms with Gasteiger partial charge in [-0.15, -0.1) is 0 Å². The molecule has 0 spiro atoms. The Kier molecular flexibility index (Phi) is 5.60. The molecule has 0 radical (unpaired) electrons. The molecule has 2 atom stereocenters. The van der Waals surface area contributed by atoms with Crippen molar-refractivity contribution < 1.29 is 17.7 Å². The lowest BCUT2D eigenvalue weighted by Gasteiger charge is -2.27. The lowest BCUT2D eigenvalue weighted by Crippen LogP contribution is -2.35. The highest BCUT2D eigenvalue weighted by molar-refractivity contribution is 7.70. The number of fused-ring (bicyclic) bond motifs is 1. The largest absolute Gasteiger partial charge is 0.419 e. The number of hydrogen-bond acceptors (Lipinski definition) is 5. The number of nitrogens with two attached hydrogens (primary N) is 1. The third-order valence-electron chi connectivity index (χ3n) is 5.67. The number of nitrogens with one attached hydrogen (secondary N) is 2. The maximum absolute atomic E-state index is 13.8. The van der Waals surface area contributed by atoms with Crippen LogP contribution in [0.4, 0.5) is 19.1 Å². The molecular formula is C21H25F3N5OP. The summed E-state index contributed by atoms with van der Waals surface area (Å²) in [5.41, 5.74) is 5.75. The summed E-state index contributed by atoms with van der Waals surface area (Å²) < 4.78 is 54.0. The Morgan fingerprint density at radius 2 is 2.03 bits per heavy atom. The molecule has 10 heteroatoms. The number of alkyl halides is 3. The number of H-pyrrole nitrogens is 1. The average Bonchev–Trinajstić information content (AvgIpc) is 3.10. The number of halogens is 3. The number of rotatable bonds is 4. The molecule has 0 unspecified atom stereocenters. The van der Waals surface area contributed by atoms with Gasteiger partial charge < -0.3 is 20.6 Å². The first-order valence-electron chi connectivity index (χ1n) is 10.2. The Morgan fingerprint density at radius 1 is 1.26 bits per heavy atom. The lowest BCUT2D eigenvalue weighted by atomic mass is 9.92. The monoisotopic (exact) mass is 451 g/mol. The van der Waals surface area contributed by atoms with Gasteiger partial charge in [0.25, 0.3) is 0 Å². The third kappa shape index (κ3) is 4.48. The average molecular weight is 451 g/mol. The van der Waals surface area contributed by atoms with E-state index in [1.165, 1.54) is 6.20 Å². The molecule has 0 aliphatic heterocycles. The maximum atomic E-state index is 13.8. The van der Waals surface area contributed by atoms with Crippen LogP contribution < -0.4 is 16.4 Å². The second kappa shape index (κ2) is 7.95. The highest BCUT2D eigenvalue weighted by Gasteiger charge is 2.36. The van der Waals surface area contributed by atoms with Crippen molar-refractivity contribution in [2.45, 2.75) is 43.9 Å². The number of benzene rings is 1. The van der Waals surface area contributed by atoms with Crippen LogP contribution >= 0.6 is 7.14 Å². The highest BCUT2D eigenvalue weighted by Crippen LogP contribution is 2.41. The van der Waals surface area contributed by atoms with E-state index in [1.807, 2.05) is 0 Å². The Labute approximate surface area is 178 Å². The number of aromatic nitrogens is 3. The Bertz CT molecular complexity index is 1150. The normalized spacial score (nSPS) is 20.2. The third-order valence-corrected chi connectivity index (χ3v) is 7.20. The summed E-state index contributed by atoms with van der Waals surface area (Å²) in [5.74, 6) is 0.143. The SMILES string of the molecule is CP(C)(=O)c1cccc2c(-c3nc(N[C@H]4CCC[C@@H](N)C4)ncc3C(F)(F)F)c[nH]c12. The number of aromatic amines is 1. The van der Waals surface area contributed by atoms with Crippen molar-refractivity contribution >= 4 is 29.3 Å². The van der Waals surface area contributed by atoms with Gasteiger partial charge in [0, 0.05) is 40.7 Å². The molecule has 3 aromatic rings. The number of para-hydroxylation sites is 1. The van der Waals surface area contributed by atoms with Crippen LogP contribution in [-0.4, -0.2) is 40.4 Å². The molecule has 0 saturated heterocycles. The summed E-state index contributed by atoms with van der Waals surface area (Å²) in [6.45, 7) is 3.26. The summed E-state index contributed by atoms with van der Waals surface area (Å²) in [7, 11) is -2.64. The van der Waals surface area contributed by atoms with Gasteiger partial charge in [-0.05, 0) is 45.1 Å². The summed E-state index contributed by atoms with van der Waals surface area (Å²) >= 11 is 0. The van der Waals surface area contributed by atoms with Crippen molar-refractivity contribution in [1.82, 2.24) is 15.0 Å². The molecule has 1 fully saturated rings. The minimum Gasteiger partial charge on any atom is -0.360 e. The summed E-state index contributed by atoms with van der Waals surface area (Å²) in [5, 5.41) is 4.28. The Balaban J connectivity index is 1.82. The topological polar surface area (TPSA) is 96.7 Å². The van der Waals surface area contributed by atoms with Crippen LogP contribution in [0.15, 0.2) is 30.6 Å². The smallest absolute Gasteiger partial charge is 0.360 e. The standard InChI is InChI=1S/C21H25F3N5OP/c1-31(2,30)17-8-4-7-14-15(10-26-19(14)17)18-16(21(22,23)24)11-27-20(29-18)28-13-6-3-5-12(25)9-13/h4,7-8,10-13,26H,3,5-6,9,25H2,1-2H3,(H,27,28,29)/t12-,13+/m1/s1. The molecule has 6 nitrogen and oxygen atoms in total. The Hall–Kier alpha value is -2.38. The molecule has 166 valence electrons. The van der Waals surface area contributed by atoms with Gasteiger partial charge in [0.1, 0.15) is 12.7 Å². The van der Waals surface area contributed by atoms with Crippen molar-refractivity contribution in [2.24, 2.45) is 5.73 Å². The molecule has 1 aliphatic rings. The van der Waals surface area contributed by atoms with E-state index in [-0.39, 0.29) is 23.7 Å². The van der Waals surface area contributed by atoms with Gasteiger partial charge >= 0.3 is 6.18 Å². The molecule has 2 heterocycles. The zero-order chi connectivity index (χ0) is 22.4. The summed E-state index contributed by atoms with van der Waals surface area (Å²) in [4.78, 5) is 11.2. The van der Waals surface area contributed by atoms with Gasteiger partial charge in [0.15, 0.2) is 0 Å². The van der Waals surface area contributed by atoms with E-state index < -0.39 is 18.9 Å². The van der Waals surface area contributed by atoms with Crippen LogP contribution in [0.5, 0.6) is 0 Å². The molecule has 1 saturated carbocycles. The van der Waals surface area contributed by atoms with Gasteiger partial charge in [0.2, 0.25) is 5.95 Å². The first-order valence-corrected chi connectivity index (χ1v) is 12.8. The van der Waals surface area contributed by atoms with Gasteiger partial charge in [-0.1, -0.05) is 12.1 Å². The molecule has 0 amide bonds. The zero-order valence-corrected chi connectivity index (χ0v) is 18.2. The number of anilines is 1. The zero-order valence-electron chi connectivity index (χ0n) is 17.3. The van der Waals surface area contributed by atoms with Crippen LogP contribution in [0.25, 0.3) is 22.2 Å². The van der Waals surface area contributed by atoms with Crippen molar-refractivity contribution in [1.29, 1.82) is 0 Å². The maximum Gasteiger partial charge on any atom is 0.419 e. The predicted octanol–water partition coefficient (Wildman–Crippen LogP) is 4.57. The fourth-order valence-electron chi connectivity index (χ4n) is 4.19. The summed E-state index contributed by atoms with van der Waals surface area (Å²) in [6.07, 6.45) is 1.17. The first-order chi connectivity index (χ1) is 14.5. The van der Waals surface area contributed by atoms with E-state index in [0.29, 0.717) is 21.8 Å². The highest BCUT2D eigenvalue weighted by atomic mass is 31.2. The molecule has 2 aromatic heterocycles. The van der Waals surface area contributed by atoms with Crippen LogP contribution in [0.1, 0.15) is 31.2 Å². The predicted molar refractivity (Wildman–Crippen MR) is 117 cm³/mol. The van der Waals surface area contributed by atoms with Crippen molar-refractivity contribution in [3.8, 4) is 11.3 Å². The van der Waals surface area contributed by atoms with Crippen molar-refractivity contribution in [3.63, 3.8) is 0 Å². The molecule has 1 aromatic carbocycles. The van der Waals surface area contributed by atoms with E-state index in [4.69, 9.17) is 5.73 Å². The minimum absolute atomic E-state index is 0.0222. The molecule has 31 heavy (non-hydrogen) atoms. The lowest BCUT2D eigenvalue weighted by molar-refractivity contribution is -0.137. The fraction of sp³-hybridized carbons (Fsp3) is 0.429. The first kappa shape index (κ1) is 21.8. The molecule has 0 bridgehead atoms. The summed E-state index contributed by atoms with van der Waals surface area (Å²) in [6, 6.07) is 5.22. The van der Waals surface area contributed by atoms with Gasteiger partial charge in [-0.2, -0.15) is 13.2 Å². The number of nitrogens with zero attached hydrogens (tertiary/aromatic N) is 2. The van der Waals surface area contributed by atoms with Crippen LogP contribution in [0.2, 0.25) is 0 Å². The van der Waals surface area contributed by atoms with Gasteiger partial charge in [-0.25, -0.2) is 9.97 Å². The van der Waals surface area contributed by atoms with E-state index in [9.17, 15) is 17.7 Å². The van der Waals surface area contributed by atoms with Crippen molar-refractivity contribution in [2.75, 3.05) is 18.6 Å². The molecule has 1 aliphatic carbocycles. The van der Waals surface area contributed by atoms with Crippen LogP contribution in [-0.2, 0) is 10.7 Å². The minimum atomic E-state index is -4.62. The van der Waals surface area contributed by atoms with E-state index in [0.717, 1.165) is 31.9 Å². The van der Waals surface area contributed by atoms with Crippen LogP contribution in [0.3, 0.4) is 0 Å². The Morgan fingerprint density at radius 3 is 2.71 bits per heavy atom. The molecule has 4 rings (SSSR count). The van der Waals surface area contributed by atoms with E-state index in [2.05, 4.69) is 20.3 Å².